The Hall–Kier alpha value is 0.977. The zero-order valence-electron chi connectivity index (χ0n) is 15.2. The molecule has 0 aliphatic rings. The Bertz CT molecular complexity index is 214. The van der Waals surface area contributed by atoms with Crippen molar-refractivity contribution in [2.75, 3.05) is 53.3 Å². The topological polar surface area (TPSA) is 114 Å². The molecule has 0 saturated carbocycles. The predicted octanol–water partition coefficient (Wildman–Crippen LogP) is 3.94. The van der Waals surface area contributed by atoms with Gasteiger partial charge in [-0.15, -0.1) is 8.62 Å². The molecule has 6 nitrogen and oxygen atoms in total. The van der Waals surface area contributed by atoms with Gasteiger partial charge < -0.3 is 47.3 Å². The van der Waals surface area contributed by atoms with E-state index in [9.17, 15) is 0 Å². The molecule has 0 unspecified atom stereocenters. The van der Waals surface area contributed by atoms with Crippen LogP contribution in [0.15, 0.2) is 0 Å². The molecule has 148 valence electrons. The third-order valence-electron chi connectivity index (χ3n) is 0.816. The van der Waals surface area contributed by atoms with E-state index in [-0.39, 0.29) is 74.7 Å². The van der Waals surface area contributed by atoms with Crippen LogP contribution in [-0.2, 0) is 50.8 Å². The normalized spacial score (nSPS) is 6.83. The van der Waals surface area contributed by atoms with E-state index in [1.54, 1.807) is 0 Å². The molecule has 0 aromatic rings. The van der Waals surface area contributed by atoms with Gasteiger partial charge in [0.2, 0.25) is 0 Å². The molecule has 0 rings (SSSR count). The van der Waals surface area contributed by atoms with Gasteiger partial charge in [0, 0.05) is 42.1 Å². The van der Waals surface area contributed by atoms with E-state index in [1.807, 2.05) is 0 Å². The molecule has 0 bridgehead atoms. The van der Waals surface area contributed by atoms with Gasteiger partial charge in [0.15, 0.2) is 32.6 Å². The van der Waals surface area contributed by atoms with Gasteiger partial charge in [-0.1, -0.05) is 0 Å². The molecular weight excluding hydrogens is 746 g/mol. The predicted molar refractivity (Wildman–Crippen MR) is 103 cm³/mol. The van der Waals surface area contributed by atoms with Crippen molar-refractivity contribution in [3.8, 4) is 0 Å². The second-order valence-electron chi connectivity index (χ2n) is 3.84. The largest absolute Gasteiger partial charge is 0.512 e. The first-order valence-electron chi connectivity index (χ1n) is 5.71. The van der Waals surface area contributed by atoms with Crippen molar-refractivity contribution in [1.82, 2.24) is 0 Å². The standard InChI is InChI=1S/2C4H12OP2.4CN.2Pt/c2*1-6(2)5-7(3)4;4*1-2;;/h2*1-4H3;;;;;;/q;;4*-1;;/p+4. The first kappa shape index (κ1) is 49.8. The minimum Gasteiger partial charge on any atom is -0.512 e. The molecule has 0 aliphatic carbocycles. The maximum atomic E-state index is 6.25. The summed E-state index contributed by atoms with van der Waals surface area (Å²) >= 11 is 0. The van der Waals surface area contributed by atoms with E-state index in [1.165, 1.54) is 0 Å². The minimum absolute atomic E-state index is 0. The maximum absolute atomic E-state index is 6.25. The Balaban J connectivity index is -0.0000000237. The molecule has 0 amide bonds. The van der Waals surface area contributed by atoms with Gasteiger partial charge in [-0.05, 0) is 0 Å². The van der Waals surface area contributed by atoms with Crippen LogP contribution in [0.1, 0.15) is 0 Å². The second-order valence-corrected chi connectivity index (χ2v) is 12.7. The van der Waals surface area contributed by atoms with Crippen molar-refractivity contribution in [2.24, 2.45) is 0 Å². The molecule has 0 heterocycles. The van der Waals surface area contributed by atoms with Crippen molar-refractivity contribution in [1.29, 1.82) is 21.0 Å². The number of nitrogens with zero attached hydrogens (tertiary/aromatic N) is 4. The summed E-state index contributed by atoms with van der Waals surface area (Å²) in [6.07, 6.45) is 0. The van der Waals surface area contributed by atoms with E-state index in [0.29, 0.717) is 0 Å². The van der Waals surface area contributed by atoms with Crippen LogP contribution in [0.4, 0.5) is 0 Å². The van der Waals surface area contributed by atoms with Crippen molar-refractivity contribution < 1.29 is 50.8 Å². The van der Waals surface area contributed by atoms with Crippen LogP contribution in [-0.4, -0.2) is 53.3 Å². The van der Waals surface area contributed by atoms with E-state index < -0.39 is 0 Å². The number of hydrogen-bond donors (Lipinski definition) is 0. The fraction of sp³-hybridized carbons (Fsp3) is 0.667. The molecule has 0 aromatic carbocycles. The van der Waals surface area contributed by atoms with Crippen LogP contribution in [0.3, 0.4) is 0 Å². The third kappa shape index (κ3) is 138. The van der Waals surface area contributed by atoms with Crippen LogP contribution in [0.25, 0.3) is 0 Å². The Morgan fingerprint density at radius 3 is 0.500 bits per heavy atom. The molecule has 0 spiro atoms. The molecule has 0 atom stereocenters. The molecule has 0 aromatic heterocycles. The van der Waals surface area contributed by atoms with Gasteiger partial charge in [0.1, 0.15) is 0 Å². The summed E-state index contributed by atoms with van der Waals surface area (Å²) < 4.78 is 10.9. The third-order valence-corrected chi connectivity index (χ3v) is 7.35. The van der Waals surface area contributed by atoms with Gasteiger partial charge in [0.25, 0.3) is 0 Å². The zero-order chi connectivity index (χ0) is 19.7. The smallest absolute Gasteiger partial charge is 0.174 e. The molecule has 0 saturated heterocycles. The van der Waals surface area contributed by atoms with E-state index in [4.69, 9.17) is 56.0 Å². The summed E-state index contributed by atoms with van der Waals surface area (Å²) in [5.74, 6) is 0. The Labute approximate surface area is 183 Å². The van der Waals surface area contributed by atoms with Gasteiger partial charge in [0.05, 0.1) is 53.3 Å². The summed E-state index contributed by atoms with van der Waals surface area (Å²) in [4.78, 5) is 0. The van der Waals surface area contributed by atoms with E-state index in [0.717, 1.165) is 0 Å². The fourth-order valence-corrected chi connectivity index (χ4v) is 7.35. The fourth-order valence-electron chi connectivity index (χ4n) is 0.816. The van der Waals surface area contributed by atoms with Crippen molar-refractivity contribution in [2.45, 2.75) is 0 Å². The van der Waals surface area contributed by atoms with E-state index in [2.05, 4.69) is 53.3 Å². The minimum atomic E-state index is -0.389. The number of hydrogen-bond acceptors (Lipinski definition) is 6. The number of rotatable bonds is 4. The van der Waals surface area contributed by atoms with Crippen molar-refractivity contribution in [3.05, 3.63) is 26.3 Å². The molecular formula is C12H28N4O2P4Pt2. The summed E-state index contributed by atoms with van der Waals surface area (Å²) in [6, 6.07) is 0. The average molecular weight is 774 g/mol. The Kier molecular flexibility index (Phi) is 117. The monoisotopic (exact) mass is 774 g/mol. The van der Waals surface area contributed by atoms with Crippen LogP contribution < -0.4 is 0 Å². The molecule has 12 heteroatoms. The Morgan fingerprint density at radius 2 is 0.500 bits per heavy atom. The zero-order valence-corrected chi connectivity index (χ0v) is 23.8. The van der Waals surface area contributed by atoms with Gasteiger partial charge in [-0.25, -0.2) is 0 Å². The molecule has 24 heavy (non-hydrogen) atoms. The van der Waals surface area contributed by atoms with Gasteiger partial charge in [-0.3, -0.25) is 0 Å². The first-order valence-corrected chi connectivity index (χ1v) is 15.3. The molecule has 0 N–H and O–H groups in total. The van der Waals surface area contributed by atoms with Crippen LogP contribution in [0, 0.1) is 47.3 Å². The summed E-state index contributed by atoms with van der Waals surface area (Å²) in [5, 5.41) is 25.0. The van der Waals surface area contributed by atoms with Gasteiger partial charge >= 0.3 is 0 Å². The Morgan fingerprint density at radius 1 is 0.417 bits per heavy atom. The van der Waals surface area contributed by atoms with Crippen molar-refractivity contribution >= 4 is 32.6 Å². The summed E-state index contributed by atoms with van der Waals surface area (Å²) in [6.45, 7) is 36.4. The van der Waals surface area contributed by atoms with Crippen molar-refractivity contribution in [3.63, 3.8) is 0 Å². The summed E-state index contributed by atoms with van der Waals surface area (Å²) in [7, 11) is -1.56. The van der Waals surface area contributed by atoms with Crippen LogP contribution in [0.2, 0.25) is 0 Å². The van der Waals surface area contributed by atoms with Crippen LogP contribution >= 0.6 is 32.6 Å². The average Bonchev–Trinajstić information content (AvgIpc) is 2.45. The van der Waals surface area contributed by atoms with E-state index >= 15 is 0 Å². The SMILES string of the molecule is C[PH+](C)O[PH+](C)C.C[PH+](C)O[PH+](C)C.[C-]#N.[C-]#N.[C-]#N.[C-]#N.[Pt].[Pt]. The molecule has 0 radical (unpaired) electrons. The van der Waals surface area contributed by atoms with Crippen LogP contribution in [0.5, 0.6) is 0 Å². The second kappa shape index (κ2) is 56.4. The quantitative estimate of drug-likeness (QED) is 0.316. The summed E-state index contributed by atoms with van der Waals surface area (Å²) in [5.41, 5.74) is 0. The maximum Gasteiger partial charge on any atom is 0.174 e. The van der Waals surface area contributed by atoms with Gasteiger partial charge in [-0.2, -0.15) is 0 Å². The molecule has 0 fully saturated rings. The first-order chi connectivity index (χ1) is 10.3. The molecule has 0 aliphatic heterocycles.